The van der Waals surface area contributed by atoms with Crippen LogP contribution in [0.2, 0.25) is 0 Å². The van der Waals surface area contributed by atoms with E-state index < -0.39 is 0 Å². The molecule has 0 amide bonds. The van der Waals surface area contributed by atoms with Crippen LogP contribution in [0, 0.1) is 6.92 Å². The average molecular weight is 302 g/mol. The van der Waals surface area contributed by atoms with Crippen molar-refractivity contribution in [2.75, 3.05) is 6.61 Å². The van der Waals surface area contributed by atoms with Crippen LogP contribution in [0.4, 0.5) is 0 Å². The number of nitrogens with zero attached hydrogens (tertiary/aromatic N) is 1. The van der Waals surface area contributed by atoms with Gasteiger partial charge < -0.3 is 10.4 Å². The van der Waals surface area contributed by atoms with Gasteiger partial charge in [0.05, 0.1) is 12.3 Å². The van der Waals surface area contributed by atoms with Gasteiger partial charge in [0.25, 0.3) is 0 Å². The Labute approximate surface area is 130 Å². The van der Waals surface area contributed by atoms with Crippen molar-refractivity contribution in [3.05, 3.63) is 40.9 Å². The predicted octanol–water partition coefficient (Wildman–Crippen LogP) is 3.51. The first-order valence-corrected chi connectivity index (χ1v) is 8.42. The minimum Gasteiger partial charge on any atom is -0.394 e. The second-order valence-corrected chi connectivity index (χ2v) is 6.98. The number of aliphatic hydroxyl groups excluding tert-OH is 1. The normalized spacial score (nSPS) is 17.2. The molecule has 0 bridgehead atoms. The van der Waals surface area contributed by atoms with Crippen molar-refractivity contribution in [3.8, 4) is 10.6 Å². The summed E-state index contributed by atoms with van der Waals surface area (Å²) in [4.78, 5) is 5.96. The lowest BCUT2D eigenvalue weighted by molar-refractivity contribution is 0.163. The summed E-state index contributed by atoms with van der Waals surface area (Å²) in [7, 11) is 0. The largest absolute Gasteiger partial charge is 0.394 e. The molecule has 1 saturated carbocycles. The lowest BCUT2D eigenvalue weighted by Gasteiger charge is -2.27. The van der Waals surface area contributed by atoms with Gasteiger partial charge in [0, 0.05) is 22.5 Å². The molecule has 3 nitrogen and oxygen atoms in total. The van der Waals surface area contributed by atoms with Crippen molar-refractivity contribution in [2.24, 2.45) is 0 Å². The summed E-state index contributed by atoms with van der Waals surface area (Å²) in [6, 6.07) is 10.3. The summed E-state index contributed by atoms with van der Waals surface area (Å²) in [5.41, 5.74) is 2.20. The number of nitrogens with one attached hydrogen (secondary N) is 1. The molecule has 1 aliphatic carbocycles. The summed E-state index contributed by atoms with van der Waals surface area (Å²) in [5.74, 6) is 0. The standard InChI is InChI=1S/C17H22N2OS/c1-13-15(11-18-17(12-20)9-5-6-10-17)21-16(19-13)14-7-3-2-4-8-14/h2-4,7-8,18,20H,5-6,9-12H2,1H3. The highest BCUT2D eigenvalue weighted by Gasteiger charge is 2.32. The number of aryl methyl sites for hydroxylation is 1. The average Bonchev–Trinajstić information content (AvgIpc) is 3.14. The molecule has 1 heterocycles. The smallest absolute Gasteiger partial charge is 0.123 e. The zero-order chi connectivity index (χ0) is 14.7. The number of thiazole rings is 1. The second kappa shape index (κ2) is 6.26. The number of hydrogen-bond acceptors (Lipinski definition) is 4. The summed E-state index contributed by atoms with van der Waals surface area (Å²) >= 11 is 1.75. The molecule has 2 aromatic rings. The Balaban J connectivity index is 1.73. The first kappa shape index (κ1) is 14.7. The maximum Gasteiger partial charge on any atom is 0.123 e. The third kappa shape index (κ3) is 3.18. The minimum absolute atomic E-state index is 0.0661. The monoisotopic (exact) mass is 302 g/mol. The molecule has 1 aromatic carbocycles. The summed E-state index contributed by atoms with van der Waals surface area (Å²) in [6.45, 7) is 3.10. The van der Waals surface area contributed by atoms with Gasteiger partial charge in [0.2, 0.25) is 0 Å². The highest BCUT2D eigenvalue weighted by atomic mass is 32.1. The summed E-state index contributed by atoms with van der Waals surface area (Å²) in [6.07, 6.45) is 4.58. The Morgan fingerprint density at radius 3 is 2.62 bits per heavy atom. The van der Waals surface area contributed by atoms with Crippen molar-refractivity contribution in [2.45, 2.75) is 44.7 Å². The fourth-order valence-corrected chi connectivity index (χ4v) is 4.01. The Hall–Kier alpha value is -1.23. The molecule has 1 fully saturated rings. The molecule has 3 rings (SSSR count). The van der Waals surface area contributed by atoms with Crippen LogP contribution in [0.5, 0.6) is 0 Å². The molecule has 0 radical (unpaired) electrons. The van der Waals surface area contributed by atoms with Crippen molar-refractivity contribution in [1.82, 2.24) is 10.3 Å². The van der Waals surface area contributed by atoms with E-state index in [0.29, 0.717) is 0 Å². The van der Waals surface area contributed by atoms with Crippen LogP contribution in [-0.4, -0.2) is 22.2 Å². The molecular weight excluding hydrogens is 280 g/mol. The molecule has 1 aromatic heterocycles. The maximum absolute atomic E-state index is 9.67. The molecule has 21 heavy (non-hydrogen) atoms. The van der Waals surface area contributed by atoms with Crippen LogP contribution in [0.1, 0.15) is 36.3 Å². The van der Waals surface area contributed by atoms with E-state index in [0.717, 1.165) is 30.1 Å². The fourth-order valence-electron chi connectivity index (χ4n) is 3.01. The second-order valence-electron chi connectivity index (χ2n) is 5.89. The van der Waals surface area contributed by atoms with E-state index >= 15 is 0 Å². The molecule has 0 spiro atoms. The summed E-state index contributed by atoms with van der Waals surface area (Å²) < 4.78 is 0. The Morgan fingerprint density at radius 2 is 1.95 bits per heavy atom. The zero-order valence-electron chi connectivity index (χ0n) is 12.4. The van der Waals surface area contributed by atoms with Crippen molar-refractivity contribution < 1.29 is 5.11 Å². The molecule has 4 heteroatoms. The molecule has 0 unspecified atom stereocenters. The van der Waals surface area contributed by atoms with Gasteiger partial charge in [0.15, 0.2) is 0 Å². The van der Waals surface area contributed by atoms with E-state index in [2.05, 4.69) is 24.4 Å². The van der Waals surface area contributed by atoms with Gasteiger partial charge in [-0.1, -0.05) is 43.2 Å². The molecule has 0 aliphatic heterocycles. The number of aliphatic hydroxyl groups is 1. The van der Waals surface area contributed by atoms with Gasteiger partial charge in [-0.2, -0.15) is 0 Å². The Kier molecular flexibility index (Phi) is 4.38. The van der Waals surface area contributed by atoms with Gasteiger partial charge in [-0.3, -0.25) is 0 Å². The molecule has 1 aliphatic rings. The van der Waals surface area contributed by atoms with E-state index in [9.17, 15) is 5.11 Å². The Bertz CT molecular complexity index is 588. The molecule has 0 saturated heterocycles. The van der Waals surface area contributed by atoms with Gasteiger partial charge in [-0.15, -0.1) is 11.3 Å². The fraction of sp³-hybridized carbons (Fsp3) is 0.471. The topological polar surface area (TPSA) is 45.2 Å². The number of hydrogen-bond donors (Lipinski definition) is 2. The quantitative estimate of drug-likeness (QED) is 0.888. The maximum atomic E-state index is 9.67. The van der Waals surface area contributed by atoms with Crippen molar-refractivity contribution >= 4 is 11.3 Å². The predicted molar refractivity (Wildman–Crippen MR) is 87.4 cm³/mol. The van der Waals surface area contributed by atoms with E-state index in [1.807, 2.05) is 18.2 Å². The van der Waals surface area contributed by atoms with E-state index in [4.69, 9.17) is 4.98 Å². The lowest BCUT2D eigenvalue weighted by atomic mass is 9.99. The number of aromatic nitrogens is 1. The molecular formula is C17H22N2OS. The highest BCUT2D eigenvalue weighted by Crippen LogP contribution is 2.31. The number of rotatable bonds is 5. The van der Waals surface area contributed by atoms with Gasteiger partial charge in [-0.25, -0.2) is 4.98 Å². The minimum atomic E-state index is -0.0661. The first-order chi connectivity index (χ1) is 10.2. The molecule has 2 N–H and O–H groups in total. The number of benzene rings is 1. The van der Waals surface area contributed by atoms with Crippen molar-refractivity contribution in [3.63, 3.8) is 0 Å². The van der Waals surface area contributed by atoms with Crippen LogP contribution >= 0.6 is 11.3 Å². The molecule has 0 atom stereocenters. The van der Waals surface area contributed by atoms with Gasteiger partial charge in [0.1, 0.15) is 5.01 Å². The SMILES string of the molecule is Cc1nc(-c2ccccc2)sc1CNC1(CO)CCCC1. The van der Waals surface area contributed by atoms with Crippen LogP contribution in [0.15, 0.2) is 30.3 Å². The van der Waals surface area contributed by atoms with Gasteiger partial charge >= 0.3 is 0 Å². The van der Waals surface area contributed by atoms with Crippen LogP contribution in [0.25, 0.3) is 10.6 Å². The third-order valence-corrected chi connectivity index (χ3v) is 5.61. The van der Waals surface area contributed by atoms with E-state index in [1.54, 1.807) is 11.3 Å². The third-order valence-electron chi connectivity index (χ3n) is 4.40. The summed E-state index contributed by atoms with van der Waals surface area (Å²) in [5, 5.41) is 14.3. The van der Waals surface area contributed by atoms with Crippen LogP contribution in [-0.2, 0) is 6.54 Å². The first-order valence-electron chi connectivity index (χ1n) is 7.60. The van der Waals surface area contributed by atoms with Crippen LogP contribution in [0.3, 0.4) is 0 Å². The Morgan fingerprint density at radius 1 is 1.24 bits per heavy atom. The molecule has 112 valence electrons. The van der Waals surface area contributed by atoms with Gasteiger partial charge in [-0.05, 0) is 19.8 Å². The zero-order valence-corrected chi connectivity index (χ0v) is 13.2. The lowest BCUT2D eigenvalue weighted by Crippen LogP contribution is -2.45. The van der Waals surface area contributed by atoms with Crippen LogP contribution < -0.4 is 5.32 Å². The van der Waals surface area contributed by atoms with Crippen molar-refractivity contribution in [1.29, 1.82) is 0 Å². The highest BCUT2D eigenvalue weighted by molar-refractivity contribution is 7.15. The van der Waals surface area contributed by atoms with E-state index in [1.165, 1.54) is 23.3 Å². The van der Waals surface area contributed by atoms with E-state index in [-0.39, 0.29) is 12.1 Å².